The van der Waals surface area contributed by atoms with Gasteiger partial charge in [0.15, 0.2) is 18.1 Å². The van der Waals surface area contributed by atoms with Crippen LogP contribution in [0.3, 0.4) is 0 Å². The molecule has 1 fully saturated rings. The van der Waals surface area contributed by atoms with Crippen LogP contribution in [0.25, 0.3) is 0 Å². The van der Waals surface area contributed by atoms with Crippen LogP contribution in [-0.4, -0.2) is 98.3 Å². The second-order valence-corrected chi connectivity index (χ2v) is 12.1. The van der Waals surface area contributed by atoms with Crippen LogP contribution in [0.5, 0.6) is 5.75 Å². The first-order valence-corrected chi connectivity index (χ1v) is 15.8. The van der Waals surface area contributed by atoms with Gasteiger partial charge in [-0.1, -0.05) is 24.3 Å². The average Bonchev–Trinajstić information content (AvgIpc) is 3.85. The van der Waals surface area contributed by atoms with Crippen molar-refractivity contribution in [2.75, 3.05) is 13.2 Å². The SMILES string of the molecule is Cc1cccc(C)c1C(=O)OCC(=O)[C@H](CC(=O)O)NC(=O)C1(NC(=O)[C@H](CCC(=O)O)NC(=O)CNC(=O)Cc2ccc(O)c([N+](=O)[O-])c2)CC1. The molecule has 1 aliphatic carbocycles. The third kappa shape index (κ3) is 11.3. The summed E-state index contributed by atoms with van der Waals surface area (Å²) in [4.78, 5) is 110. The predicted molar refractivity (Wildman–Crippen MR) is 176 cm³/mol. The lowest BCUT2D eigenvalue weighted by atomic mass is 10.0. The summed E-state index contributed by atoms with van der Waals surface area (Å²) in [6, 6.07) is 5.17. The molecule has 278 valence electrons. The Morgan fingerprint density at radius 1 is 0.923 bits per heavy atom. The van der Waals surface area contributed by atoms with Crippen molar-refractivity contribution >= 4 is 53.0 Å². The smallest absolute Gasteiger partial charge is 0.339 e. The first-order chi connectivity index (χ1) is 24.4. The molecule has 52 heavy (non-hydrogen) atoms. The van der Waals surface area contributed by atoms with Crippen LogP contribution in [-0.2, 0) is 44.7 Å². The number of phenols is 1. The van der Waals surface area contributed by atoms with Crippen LogP contribution in [0.15, 0.2) is 36.4 Å². The van der Waals surface area contributed by atoms with Crippen LogP contribution in [0, 0.1) is 24.0 Å². The molecule has 0 aliphatic heterocycles. The Balaban J connectivity index is 1.61. The van der Waals surface area contributed by atoms with E-state index in [-0.39, 0.29) is 24.0 Å². The fourth-order valence-corrected chi connectivity index (χ4v) is 5.05. The zero-order valence-corrected chi connectivity index (χ0v) is 28.1. The number of ketones is 1. The maximum absolute atomic E-state index is 13.3. The molecule has 1 aliphatic rings. The van der Waals surface area contributed by atoms with Crippen LogP contribution in [0.4, 0.5) is 5.69 Å². The largest absolute Gasteiger partial charge is 0.502 e. The standard InChI is InChI=1S/C33H37N5O14/c1-17-4-3-5-18(2)29(17)31(48)52-16-24(40)21(14-28(45)46)36-32(49)33(10-11-33)37-30(47)20(7-9-27(43)44)35-26(42)15-34-25(41)13-19-6-8-23(39)22(12-19)38(50)51/h3-6,8,12,20-21,39H,7,9-11,13-16H2,1-2H3,(H,34,41)(H,35,42)(H,36,49)(H,37,47)(H,43,44)(H,45,46)/t20-,21-/m0/s1. The molecule has 2 atom stereocenters. The van der Waals surface area contributed by atoms with Gasteiger partial charge in [-0.25, -0.2) is 4.79 Å². The zero-order chi connectivity index (χ0) is 38.7. The maximum Gasteiger partial charge on any atom is 0.339 e. The molecule has 0 heterocycles. The molecular weight excluding hydrogens is 690 g/mol. The Labute approximate surface area is 295 Å². The highest BCUT2D eigenvalue weighted by molar-refractivity contribution is 6.01. The molecule has 0 saturated heterocycles. The minimum Gasteiger partial charge on any atom is -0.502 e. The number of hydrogen-bond donors (Lipinski definition) is 7. The number of amides is 4. The van der Waals surface area contributed by atoms with E-state index in [0.29, 0.717) is 11.1 Å². The zero-order valence-electron chi connectivity index (χ0n) is 28.1. The number of ether oxygens (including phenoxy) is 1. The number of nitrogens with one attached hydrogen (secondary N) is 4. The summed E-state index contributed by atoms with van der Waals surface area (Å²) >= 11 is 0. The van der Waals surface area contributed by atoms with E-state index >= 15 is 0 Å². The van der Waals surface area contributed by atoms with E-state index in [1.165, 1.54) is 6.07 Å². The summed E-state index contributed by atoms with van der Waals surface area (Å²) in [6.07, 6.45) is -2.20. The summed E-state index contributed by atoms with van der Waals surface area (Å²) < 4.78 is 5.11. The fraction of sp³-hybridized carbons (Fsp3) is 0.394. The lowest BCUT2D eigenvalue weighted by Crippen LogP contribution is -2.58. The Hall–Kier alpha value is -6.40. The van der Waals surface area contributed by atoms with Gasteiger partial charge < -0.3 is 41.3 Å². The van der Waals surface area contributed by atoms with Gasteiger partial charge in [0.1, 0.15) is 17.6 Å². The number of carbonyl (C=O) groups excluding carboxylic acids is 6. The normalized spacial score (nSPS) is 13.7. The predicted octanol–water partition coefficient (Wildman–Crippen LogP) is -0.0401. The molecule has 4 amide bonds. The van der Waals surface area contributed by atoms with E-state index in [1.807, 2.05) is 0 Å². The second kappa shape index (κ2) is 17.5. The van der Waals surface area contributed by atoms with Crippen molar-refractivity contribution in [3.05, 3.63) is 68.8 Å². The van der Waals surface area contributed by atoms with Gasteiger partial charge in [-0.2, -0.15) is 0 Å². The van der Waals surface area contributed by atoms with Gasteiger partial charge in [0, 0.05) is 12.5 Å². The molecule has 2 aromatic rings. The second-order valence-electron chi connectivity index (χ2n) is 12.1. The number of nitrogens with zero attached hydrogens (tertiary/aromatic N) is 1. The average molecular weight is 728 g/mol. The van der Waals surface area contributed by atoms with E-state index in [2.05, 4.69) is 21.3 Å². The lowest BCUT2D eigenvalue weighted by Gasteiger charge is -2.24. The summed E-state index contributed by atoms with van der Waals surface area (Å²) in [7, 11) is 0. The molecule has 3 rings (SSSR count). The molecule has 19 nitrogen and oxygen atoms in total. The van der Waals surface area contributed by atoms with Crippen molar-refractivity contribution in [2.24, 2.45) is 0 Å². The highest BCUT2D eigenvalue weighted by Crippen LogP contribution is 2.36. The number of phenolic OH excluding ortho intramolecular Hbond substituents is 1. The third-order valence-corrected chi connectivity index (χ3v) is 8.00. The summed E-state index contributed by atoms with van der Waals surface area (Å²) in [5, 5.41) is 48.4. The van der Waals surface area contributed by atoms with Gasteiger partial charge in [-0.05, 0) is 55.9 Å². The molecule has 7 N–H and O–H groups in total. The number of carboxylic acids is 2. The number of hydrogen-bond acceptors (Lipinski definition) is 12. The first kappa shape index (κ1) is 40.0. The van der Waals surface area contributed by atoms with E-state index in [4.69, 9.17) is 9.84 Å². The molecule has 0 unspecified atom stereocenters. The maximum atomic E-state index is 13.3. The van der Waals surface area contributed by atoms with Gasteiger partial charge in [0.2, 0.25) is 23.6 Å². The summed E-state index contributed by atoms with van der Waals surface area (Å²) in [6.45, 7) is 1.78. The molecular formula is C33H37N5O14. The van der Waals surface area contributed by atoms with Crippen LogP contribution < -0.4 is 21.3 Å². The minimum absolute atomic E-state index is 0.0468. The highest BCUT2D eigenvalue weighted by Gasteiger charge is 2.52. The van der Waals surface area contributed by atoms with Gasteiger partial charge in [-0.3, -0.25) is 43.7 Å². The monoisotopic (exact) mass is 727 g/mol. The topological polar surface area (TPSA) is 298 Å². The quantitative estimate of drug-likeness (QED) is 0.0568. The molecule has 19 heteroatoms. The van der Waals surface area contributed by atoms with Crippen molar-refractivity contribution in [3.63, 3.8) is 0 Å². The number of carboxylic acid groups (broad SMARTS) is 2. The number of carbonyl (C=O) groups is 8. The van der Waals surface area contributed by atoms with E-state index in [9.17, 15) is 58.7 Å². The fourth-order valence-electron chi connectivity index (χ4n) is 5.05. The lowest BCUT2D eigenvalue weighted by molar-refractivity contribution is -0.385. The number of Topliss-reactive ketones (excluding diaryl/α,β-unsaturated/α-hetero) is 1. The van der Waals surface area contributed by atoms with Gasteiger partial charge in [-0.15, -0.1) is 0 Å². The van der Waals surface area contributed by atoms with Crippen LogP contribution >= 0.6 is 0 Å². The van der Waals surface area contributed by atoms with E-state index in [1.54, 1.807) is 32.0 Å². The first-order valence-electron chi connectivity index (χ1n) is 15.8. The summed E-state index contributed by atoms with van der Waals surface area (Å²) in [5.74, 6) is -8.72. The van der Waals surface area contributed by atoms with E-state index in [0.717, 1.165) is 12.1 Å². The van der Waals surface area contributed by atoms with Crippen LogP contribution in [0.2, 0.25) is 0 Å². The third-order valence-electron chi connectivity index (χ3n) is 8.00. The molecule has 0 radical (unpaired) electrons. The Kier molecular flexibility index (Phi) is 13.5. The summed E-state index contributed by atoms with van der Waals surface area (Å²) in [5.41, 5.74) is -0.709. The molecule has 0 bridgehead atoms. The van der Waals surface area contributed by atoms with Gasteiger partial charge in [0.05, 0.1) is 29.9 Å². The number of benzene rings is 2. The Bertz CT molecular complexity index is 1770. The number of aromatic hydroxyl groups is 1. The van der Waals surface area contributed by atoms with Crippen molar-refractivity contribution < 1.29 is 63.3 Å². The van der Waals surface area contributed by atoms with E-state index < -0.39 is 120 Å². The molecule has 2 aromatic carbocycles. The highest BCUT2D eigenvalue weighted by atomic mass is 16.6. The molecule has 0 spiro atoms. The number of aryl methyl sites for hydroxylation is 2. The molecule has 1 saturated carbocycles. The van der Waals surface area contributed by atoms with Gasteiger partial charge >= 0.3 is 23.6 Å². The van der Waals surface area contributed by atoms with Gasteiger partial charge in [0.25, 0.3) is 0 Å². The van der Waals surface area contributed by atoms with Crippen molar-refractivity contribution in [3.8, 4) is 5.75 Å². The van der Waals surface area contributed by atoms with Crippen LogP contribution in [0.1, 0.15) is 59.2 Å². The van der Waals surface area contributed by atoms with Crippen molar-refractivity contribution in [1.82, 2.24) is 21.3 Å². The minimum atomic E-state index is -1.65. The number of nitro groups is 1. The van der Waals surface area contributed by atoms with Crippen molar-refractivity contribution in [1.29, 1.82) is 0 Å². The Morgan fingerprint density at radius 2 is 1.58 bits per heavy atom. The number of esters is 1. The Morgan fingerprint density at radius 3 is 2.15 bits per heavy atom. The number of rotatable bonds is 19. The number of aliphatic carboxylic acids is 2. The number of nitro benzene ring substituents is 1. The van der Waals surface area contributed by atoms with Crippen molar-refractivity contribution in [2.45, 2.75) is 70.0 Å². The molecule has 0 aromatic heterocycles.